The van der Waals surface area contributed by atoms with Crippen molar-refractivity contribution in [3.63, 3.8) is 0 Å². The lowest BCUT2D eigenvalue weighted by molar-refractivity contribution is 0.0327. The number of benzene rings is 1. The van der Waals surface area contributed by atoms with Gasteiger partial charge in [-0.05, 0) is 17.7 Å². The van der Waals surface area contributed by atoms with Gasteiger partial charge in [-0.15, -0.1) is 0 Å². The van der Waals surface area contributed by atoms with Crippen molar-refractivity contribution in [3.05, 3.63) is 23.8 Å². The van der Waals surface area contributed by atoms with Crippen LogP contribution in [0.4, 0.5) is 0 Å². The molecule has 1 atom stereocenters. The first-order valence-corrected chi connectivity index (χ1v) is 5.40. The van der Waals surface area contributed by atoms with Crippen LogP contribution in [-0.4, -0.2) is 39.1 Å². The summed E-state index contributed by atoms with van der Waals surface area (Å²) in [6.45, 7) is 0.551. The number of nitrogens with two attached hydrogens (primary N) is 1. The normalized spacial score (nSPS) is 12.2. The minimum absolute atomic E-state index is 0.0302. The number of rotatable bonds is 7. The van der Waals surface area contributed by atoms with E-state index in [1.165, 1.54) is 0 Å². The molecule has 5 heteroatoms. The molecule has 0 spiro atoms. The third-order valence-electron chi connectivity index (χ3n) is 2.37. The molecular weight excluding hydrogens is 222 g/mol. The molecule has 0 bridgehead atoms. The van der Waals surface area contributed by atoms with E-state index in [0.29, 0.717) is 18.0 Å². The highest BCUT2D eigenvalue weighted by Crippen LogP contribution is 2.27. The molecule has 0 amide bonds. The Morgan fingerprint density at radius 3 is 2.18 bits per heavy atom. The van der Waals surface area contributed by atoms with Crippen LogP contribution in [0.3, 0.4) is 0 Å². The largest absolute Gasteiger partial charge is 0.497 e. The summed E-state index contributed by atoms with van der Waals surface area (Å²) in [5, 5.41) is 8.74. The van der Waals surface area contributed by atoms with Gasteiger partial charge < -0.3 is 25.1 Å². The lowest BCUT2D eigenvalue weighted by Crippen LogP contribution is -2.17. The Morgan fingerprint density at radius 1 is 1.18 bits per heavy atom. The van der Waals surface area contributed by atoms with E-state index in [-0.39, 0.29) is 19.3 Å². The molecule has 0 aliphatic carbocycles. The van der Waals surface area contributed by atoms with Gasteiger partial charge in [0.2, 0.25) is 0 Å². The Morgan fingerprint density at radius 2 is 1.76 bits per heavy atom. The number of hydrogen-bond acceptors (Lipinski definition) is 5. The predicted octanol–water partition coefficient (Wildman–Crippen LogP) is 0.712. The van der Waals surface area contributed by atoms with Crippen LogP contribution in [0.5, 0.6) is 11.5 Å². The van der Waals surface area contributed by atoms with Gasteiger partial charge >= 0.3 is 0 Å². The molecule has 3 N–H and O–H groups in total. The zero-order valence-electron chi connectivity index (χ0n) is 10.2. The zero-order valence-corrected chi connectivity index (χ0v) is 10.2. The molecule has 0 radical (unpaired) electrons. The average Bonchev–Trinajstić information content (AvgIpc) is 2.39. The summed E-state index contributed by atoms with van der Waals surface area (Å²) >= 11 is 0. The maximum absolute atomic E-state index is 8.74. The Hall–Kier alpha value is -1.30. The fraction of sp³-hybridized carbons (Fsp3) is 0.500. The fourth-order valence-electron chi connectivity index (χ4n) is 1.51. The maximum atomic E-state index is 8.74. The van der Waals surface area contributed by atoms with Gasteiger partial charge in [-0.25, -0.2) is 0 Å². The van der Waals surface area contributed by atoms with E-state index >= 15 is 0 Å². The molecule has 17 heavy (non-hydrogen) atoms. The Kier molecular flexibility index (Phi) is 5.76. The predicted molar refractivity (Wildman–Crippen MR) is 64.4 cm³/mol. The molecule has 0 aliphatic rings. The number of methoxy groups -OCH3 is 2. The molecule has 0 heterocycles. The second kappa shape index (κ2) is 7.11. The van der Waals surface area contributed by atoms with Crippen LogP contribution >= 0.6 is 0 Å². The van der Waals surface area contributed by atoms with Gasteiger partial charge in [-0.1, -0.05) is 0 Å². The number of hydrogen-bond donors (Lipinski definition) is 2. The summed E-state index contributed by atoms with van der Waals surface area (Å²) in [6, 6.07) is 5.47. The first-order valence-electron chi connectivity index (χ1n) is 5.40. The molecule has 1 aromatic carbocycles. The quantitative estimate of drug-likeness (QED) is 0.735. The molecule has 0 aliphatic heterocycles. The smallest absolute Gasteiger partial charge is 0.122 e. The highest BCUT2D eigenvalue weighted by atomic mass is 16.5. The molecule has 1 aromatic rings. The second-order valence-electron chi connectivity index (χ2n) is 3.46. The van der Waals surface area contributed by atoms with Gasteiger partial charge in [0.25, 0.3) is 0 Å². The van der Waals surface area contributed by atoms with Gasteiger partial charge in [0, 0.05) is 12.6 Å². The van der Waals surface area contributed by atoms with Gasteiger partial charge in [0.1, 0.15) is 11.5 Å². The standard InChI is InChI=1S/C12H19NO4/c1-15-10-5-9(6-11(7-10)16-2)12(8-13)17-4-3-14/h5-7,12,14H,3-4,8,13H2,1-2H3. The Balaban J connectivity index is 2.92. The summed E-state index contributed by atoms with van der Waals surface area (Å²) in [5.74, 6) is 1.37. The Bertz CT molecular complexity index is 321. The molecule has 0 saturated carbocycles. The fourth-order valence-corrected chi connectivity index (χ4v) is 1.51. The van der Waals surface area contributed by atoms with Gasteiger partial charge in [0.15, 0.2) is 0 Å². The minimum atomic E-state index is -0.272. The maximum Gasteiger partial charge on any atom is 0.122 e. The van der Waals surface area contributed by atoms with Crippen molar-refractivity contribution >= 4 is 0 Å². The second-order valence-corrected chi connectivity index (χ2v) is 3.46. The van der Waals surface area contributed by atoms with Gasteiger partial charge in [-0.3, -0.25) is 0 Å². The summed E-state index contributed by atoms with van der Waals surface area (Å²) in [7, 11) is 3.18. The van der Waals surface area contributed by atoms with Crippen LogP contribution in [0.25, 0.3) is 0 Å². The Labute approximate surface area is 101 Å². The van der Waals surface area contributed by atoms with Crippen LogP contribution < -0.4 is 15.2 Å². The third kappa shape index (κ3) is 3.89. The van der Waals surface area contributed by atoms with Crippen molar-refractivity contribution in [2.75, 3.05) is 34.0 Å². The molecule has 0 aromatic heterocycles. The van der Waals surface area contributed by atoms with E-state index in [4.69, 9.17) is 25.1 Å². The van der Waals surface area contributed by atoms with Crippen molar-refractivity contribution in [2.24, 2.45) is 5.73 Å². The summed E-state index contributed by atoms with van der Waals surface area (Å²) < 4.78 is 15.8. The van der Waals surface area contributed by atoms with Crippen LogP contribution in [-0.2, 0) is 4.74 Å². The van der Waals surface area contributed by atoms with Crippen LogP contribution in [0.1, 0.15) is 11.7 Å². The zero-order chi connectivity index (χ0) is 12.7. The third-order valence-corrected chi connectivity index (χ3v) is 2.37. The van der Waals surface area contributed by atoms with E-state index in [2.05, 4.69) is 0 Å². The minimum Gasteiger partial charge on any atom is -0.497 e. The molecule has 96 valence electrons. The van der Waals surface area contributed by atoms with E-state index in [1.807, 2.05) is 12.1 Å². The van der Waals surface area contributed by atoms with Gasteiger partial charge in [0.05, 0.1) is 33.5 Å². The van der Waals surface area contributed by atoms with Crippen molar-refractivity contribution in [1.29, 1.82) is 0 Å². The summed E-state index contributed by atoms with van der Waals surface area (Å²) in [5.41, 5.74) is 6.51. The summed E-state index contributed by atoms with van der Waals surface area (Å²) in [4.78, 5) is 0. The summed E-state index contributed by atoms with van der Waals surface area (Å²) in [6.07, 6.45) is -0.272. The van der Waals surface area contributed by atoms with Crippen molar-refractivity contribution in [1.82, 2.24) is 0 Å². The highest BCUT2D eigenvalue weighted by Gasteiger charge is 2.12. The van der Waals surface area contributed by atoms with Crippen molar-refractivity contribution in [3.8, 4) is 11.5 Å². The van der Waals surface area contributed by atoms with Crippen LogP contribution in [0, 0.1) is 0 Å². The van der Waals surface area contributed by atoms with Crippen LogP contribution in [0.15, 0.2) is 18.2 Å². The first kappa shape index (κ1) is 13.8. The SMILES string of the molecule is COc1cc(OC)cc(C(CN)OCCO)c1. The topological polar surface area (TPSA) is 73.9 Å². The molecular formula is C12H19NO4. The highest BCUT2D eigenvalue weighted by molar-refractivity contribution is 5.39. The molecule has 0 saturated heterocycles. The van der Waals surface area contributed by atoms with E-state index in [0.717, 1.165) is 5.56 Å². The van der Waals surface area contributed by atoms with Gasteiger partial charge in [-0.2, -0.15) is 0 Å². The first-order chi connectivity index (χ1) is 8.24. The average molecular weight is 241 g/mol. The number of aliphatic hydroxyl groups excluding tert-OH is 1. The monoisotopic (exact) mass is 241 g/mol. The molecule has 0 fully saturated rings. The number of aliphatic hydroxyl groups is 1. The van der Waals surface area contributed by atoms with E-state index < -0.39 is 0 Å². The lowest BCUT2D eigenvalue weighted by atomic mass is 10.1. The van der Waals surface area contributed by atoms with Crippen LogP contribution in [0.2, 0.25) is 0 Å². The number of ether oxygens (including phenoxy) is 3. The van der Waals surface area contributed by atoms with E-state index in [9.17, 15) is 0 Å². The molecule has 1 unspecified atom stereocenters. The molecule has 1 rings (SSSR count). The van der Waals surface area contributed by atoms with E-state index in [1.54, 1.807) is 20.3 Å². The van der Waals surface area contributed by atoms with Crippen molar-refractivity contribution < 1.29 is 19.3 Å². The molecule has 5 nitrogen and oxygen atoms in total. The lowest BCUT2D eigenvalue weighted by Gasteiger charge is -2.17. The van der Waals surface area contributed by atoms with Crippen molar-refractivity contribution in [2.45, 2.75) is 6.10 Å².